The zero-order valence-electron chi connectivity index (χ0n) is 11.7. The van der Waals surface area contributed by atoms with Crippen LogP contribution in [0.4, 0.5) is 0 Å². The SMILES string of the molecule is Cc1ccc(OCC(=O)N2CCC(CN)C2)cc1C. The van der Waals surface area contributed by atoms with E-state index >= 15 is 0 Å². The topological polar surface area (TPSA) is 55.6 Å². The van der Waals surface area contributed by atoms with Crippen LogP contribution in [0.3, 0.4) is 0 Å². The van der Waals surface area contributed by atoms with Gasteiger partial charge in [0.2, 0.25) is 0 Å². The number of ether oxygens (including phenoxy) is 1. The van der Waals surface area contributed by atoms with Crippen molar-refractivity contribution in [3.63, 3.8) is 0 Å². The summed E-state index contributed by atoms with van der Waals surface area (Å²) in [5.74, 6) is 1.26. The first-order valence-corrected chi connectivity index (χ1v) is 6.78. The third-order valence-electron chi connectivity index (χ3n) is 3.81. The molecule has 19 heavy (non-hydrogen) atoms. The molecule has 2 N–H and O–H groups in total. The van der Waals surface area contributed by atoms with Crippen LogP contribution in [-0.2, 0) is 4.79 Å². The Morgan fingerprint density at radius 1 is 1.42 bits per heavy atom. The fraction of sp³-hybridized carbons (Fsp3) is 0.533. The summed E-state index contributed by atoms with van der Waals surface area (Å²) in [5.41, 5.74) is 8.02. The van der Waals surface area contributed by atoms with Crippen molar-refractivity contribution in [3.05, 3.63) is 29.3 Å². The number of benzene rings is 1. The first-order valence-electron chi connectivity index (χ1n) is 6.78. The average molecular weight is 262 g/mol. The number of rotatable bonds is 4. The number of carbonyl (C=O) groups excluding carboxylic acids is 1. The lowest BCUT2D eigenvalue weighted by atomic mass is 10.1. The fourth-order valence-corrected chi connectivity index (χ4v) is 2.29. The summed E-state index contributed by atoms with van der Waals surface area (Å²) in [6, 6.07) is 5.88. The van der Waals surface area contributed by atoms with Gasteiger partial charge in [-0.15, -0.1) is 0 Å². The van der Waals surface area contributed by atoms with E-state index in [1.54, 1.807) is 0 Å². The second-order valence-corrected chi connectivity index (χ2v) is 5.26. The first kappa shape index (κ1) is 13.9. The van der Waals surface area contributed by atoms with Gasteiger partial charge in [0.25, 0.3) is 5.91 Å². The molecule has 0 spiro atoms. The fourth-order valence-electron chi connectivity index (χ4n) is 2.29. The third-order valence-corrected chi connectivity index (χ3v) is 3.81. The molecule has 4 nitrogen and oxygen atoms in total. The van der Waals surface area contributed by atoms with Crippen LogP contribution in [0, 0.1) is 19.8 Å². The van der Waals surface area contributed by atoms with Crippen molar-refractivity contribution >= 4 is 5.91 Å². The summed E-state index contributed by atoms with van der Waals surface area (Å²) < 4.78 is 5.56. The number of hydrogen-bond acceptors (Lipinski definition) is 3. The van der Waals surface area contributed by atoms with Gasteiger partial charge in [0, 0.05) is 13.1 Å². The Labute approximate surface area is 114 Å². The standard InChI is InChI=1S/C15H22N2O2/c1-11-3-4-14(7-12(11)2)19-10-15(18)17-6-5-13(8-16)9-17/h3-4,7,13H,5-6,8-10,16H2,1-2H3. The number of carbonyl (C=O) groups is 1. The van der Waals surface area contributed by atoms with Gasteiger partial charge in [0.05, 0.1) is 0 Å². The van der Waals surface area contributed by atoms with E-state index in [4.69, 9.17) is 10.5 Å². The van der Waals surface area contributed by atoms with Crippen LogP contribution in [0.15, 0.2) is 18.2 Å². The van der Waals surface area contributed by atoms with Crippen LogP contribution in [0.2, 0.25) is 0 Å². The molecule has 1 heterocycles. The lowest BCUT2D eigenvalue weighted by Crippen LogP contribution is -2.33. The molecule has 4 heteroatoms. The van der Waals surface area contributed by atoms with Gasteiger partial charge in [-0.3, -0.25) is 4.79 Å². The van der Waals surface area contributed by atoms with E-state index in [1.807, 2.05) is 30.0 Å². The van der Waals surface area contributed by atoms with Gasteiger partial charge in [-0.25, -0.2) is 0 Å². The van der Waals surface area contributed by atoms with Crippen molar-refractivity contribution in [1.82, 2.24) is 4.90 Å². The monoisotopic (exact) mass is 262 g/mol. The minimum absolute atomic E-state index is 0.0502. The van der Waals surface area contributed by atoms with Crippen molar-refractivity contribution < 1.29 is 9.53 Å². The summed E-state index contributed by atoms with van der Waals surface area (Å²) >= 11 is 0. The number of hydrogen-bond donors (Lipinski definition) is 1. The van der Waals surface area contributed by atoms with Crippen LogP contribution in [0.1, 0.15) is 17.5 Å². The van der Waals surface area contributed by atoms with Gasteiger partial charge in [-0.1, -0.05) is 6.07 Å². The summed E-state index contributed by atoms with van der Waals surface area (Å²) in [5, 5.41) is 0. The second-order valence-electron chi connectivity index (χ2n) is 5.26. The van der Waals surface area contributed by atoms with Crippen LogP contribution in [0.5, 0.6) is 5.75 Å². The highest BCUT2D eigenvalue weighted by Crippen LogP contribution is 2.18. The van der Waals surface area contributed by atoms with Crippen molar-refractivity contribution in [2.45, 2.75) is 20.3 Å². The second kappa shape index (κ2) is 6.06. The molecule has 0 bridgehead atoms. The highest BCUT2D eigenvalue weighted by atomic mass is 16.5. The summed E-state index contributed by atoms with van der Waals surface area (Å²) in [6.45, 7) is 6.43. The molecule has 1 atom stereocenters. The summed E-state index contributed by atoms with van der Waals surface area (Å²) in [6.07, 6.45) is 1.01. The van der Waals surface area contributed by atoms with E-state index in [9.17, 15) is 4.79 Å². The van der Waals surface area contributed by atoms with E-state index < -0.39 is 0 Å². The van der Waals surface area contributed by atoms with Crippen molar-refractivity contribution in [2.75, 3.05) is 26.2 Å². The minimum atomic E-state index is 0.0502. The largest absolute Gasteiger partial charge is 0.484 e. The quantitative estimate of drug-likeness (QED) is 0.894. The molecule has 0 aromatic heterocycles. The Balaban J connectivity index is 1.85. The molecule has 1 fully saturated rings. The molecule has 0 aliphatic carbocycles. The predicted molar refractivity (Wildman–Crippen MR) is 75.2 cm³/mol. The number of amides is 1. The first-order chi connectivity index (χ1) is 9.10. The molecule has 1 aromatic carbocycles. The normalized spacial score (nSPS) is 18.7. The van der Waals surface area contributed by atoms with Crippen molar-refractivity contribution in [3.8, 4) is 5.75 Å². The molecule has 1 aliphatic heterocycles. The maximum atomic E-state index is 12.0. The molecular formula is C15H22N2O2. The summed E-state index contributed by atoms with van der Waals surface area (Å²) in [4.78, 5) is 13.8. The number of nitrogens with zero attached hydrogens (tertiary/aromatic N) is 1. The van der Waals surface area contributed by atoms with Gasteiger partial charge < -0.3 is 15.4 Å². The Morgan fingerprint density at radius 3 is 2.84 bits per heavy atom. The Morgan fingerprint density at radius 2 is 2.21 bits per heavy atom. The molecule has 104 valence electrons. The van der Waals surface area contributed by atoms with Crippen molar-refractivity contribution in [2.24, 2.45) is 11.7 Å². The zero-order chi connectivity index (χ0) is 13.8. The van der Waals surface area contributed by atoms with E-state index in [0.29, 0.717) is 12.5 Å². The lowest BCUT2D eigenvalue weighted by molar-refractivity contribution is -0.132. The molecule has 1 amide bonds. The minimum Gasteiger partial charge on any atom is -0.484 e. The number of nitrogens with two attached hydrogens (primary N) is 1. The van der Waals surface area contributed by atoms with Gasteiger partial charge in [-0.05, 0) is 56.0 Å². The Hall–Kier alpha value is -1.55. The number of aryl methyl sites for hydroxylation is 2. The van der Waals surface area contributed by atoms with Gasteiger partial charge >= 0.3 is 0 Å². The molecule has 1 aliphatic rings. The maximum Gasteiger partial charge on any atom is 0.260 e. The molecule has 0 radical (unpaired) electrons. The Bertz CT molecular complexity index is 459. The van der Waals surface area contributed by atoms with Crippen LogP contribution >= 0.6 is 0 Å². The van der Waals surface area contributed by atoms with E-state index in [1.165, 1.54) is 11.1 Å². The molecule has 1 saturated heterocycles. The van der Waals surface area contributed by atoms with Gasteiger partial charge in [0.15, 0.2) is 6.61 Å². The average Bonchev–Trinajstić information content (AvgIpc) is 2.88. The summed E-state index contributed by atoms with van der Waals surface area (Å²) in [7, 11) is 0. The Kier molecular flexibility index (Phi) is 4.43. The highest BCUT2D eigenvalue weighted by molar-refractivity contribution is 5.78. The number of likely N-dealkylation sites (tertiary alicyclic amines) is 1. The van der Waals surface area contributed by atoms with Gasteiger partial charge in [-0.2, -0.15) is 0 Å². The molecule has 1 unspecified atom stereocenters. The third kappa shape index (κ3) is 3.47. The lowest BCUT2D eigenvalue weighted by Gasteiger charge is -2.16. The van der Waals surface area contributed by atoms with E-state index in [0.717, 1.165) is 25.3 Å². The van der Waals surface area contributed by atoms with Crippen LogP contribution in [0.25, 0.3) is 0 Å². The maximum absolute atomic E-state index is 12.0. The molecule has 2 rings (SSSR count). The highest BCUT2D eigenvalue weighted by Gasteiger charge is 2.25. The molecule has 0 saturated carbocycles. The van der Waals surface area contributed by atoms with E-state index in [2.05, 4.69) is 6.92 Å². The smallest absolute Gasteiger partial charge is 0.260 e. The van der Waals surface area contributed by atoms with Crippen LogP contribution in [-0.4, -0.2) is 37.0 Å². The predicted octanol–water partition coefficient (Wildman–Crippen LogP) is 1.49. The van der Waals surface area contributed by atoms with Gasteiger partial charge in [0.1, 0.15) is 5.75 Å². The zero-order valence-corrected chi connectivity index (χ0v) is 11.7. The molecule has 1 aromatic rings. The van der Waals surface area contributed by atoms with Crippen molar-refractivity contribution in [1.29, 1.82) is 0 Å². The van der Waals surface area contributed by atoms with E-state index in [-0.39, 0.29) is 12.5 Å². The molecular weight excluding hydrogens is 240 g/mol. The van der Waals surface area contributed by atoms with Crippen LogP contribution < -0.4 is 10.5 Å².